The molecule has 0 aliphatic rings. The van der Waals surface area contributed by atoms with Crippen molar-refractivity contribution in [2.45, 2.75) is 24.9 Å². The Morgan fingerprint density at radius 2 is 1.78 bits per heavy atom. The van der Waals surface area contributed by atoms with E-state index in [2.05, 4.69) is 64.2 Å². The van der Waals surface area contributed by atoms with Crippen LogP contribution in [0.1, 0.15) is 23.9 Å². The Kier molecular flexibility index (Phi) is 5.31. The lowest BCUT2D eigenvalue weighted by molar-refractivity contribution is 0.927. The number of benzene rings is 2. The molecule has 0 aliphatic carbocycles. The monoisotopic (exact) mass is 341 g/mol. The number of rotatable bonds is 6. The molecule has 0 fully saturated rings. The van der Waals surface area contributed by atoms with Gasteiger partial charge in [0.05, 0.1) is 11.4 Å². The van der Waals surface area contributed by atoms with Crippen LogP contribution in [0.15, 0.2) is 54.6 Å². The average Bonchev–Trinajstić information content (AvgIpc) is 2.96. The second-order valence-electron chi connectivity index (χ2n) is 5.24. The van der Waals surface area contributed by atoms with Crippen molar-refractivity contribution in [3.05, 3.63) is 76.3 Å². The zero-order valence-electron chi connectivity index (χ0n) is 13.0. The molecule has 0 spiro atoms. The molecule has 0 aliphatic heterocycles. The minimum Gasteiger partial charge on any atom is -0.271 e. The predicted molar refractivity (Wildman–Crippen MR) is 99.6 cm³/mol. The van der Waals surface area contributed by atoms with Crippen LogP contribution in [0.2, 0.25) is 0 Å². The lowest BCUT2D eigenvalue weighted by Crippen LogP contribution is -2.03. The molecular formula is C18H19N3S2. The van der Waals surface area contributed by atoms with Gasteiger partial charge in [-0.1, -0.05) is 55.5 Å². The summed E-state index contributed by atoms with van der Waals surface area (Å²) in [7, 11) is 0. The Hall–Kier alpha value is -1.85. The number of aromatic amines is 1. The Morgan fingerprint density at radius 3 is 2.57 bits per heavy atom. The topological polar surface area (TPSA) is 33.6 Å². The first-order valence-electron chi connectivity index (χ1n) is 7.66. The zero-order chi connectivity index (χ0) is 16.1. The first-order chi connectivity index (χ1) is 11.3. The van der Waals surface area contributed by atoms with Crippen LogP contribution >= 0.6 is 24.0 Å². The molecule has 3 nitrogen and oxygen atoms in total. The summed E-state index contributed by atoms with van der Waals surface area (Å²) in [4.78, 5) is 0. The quantitative estimate of drug-likeness (QED) is 0.646. The molecule has 0 saturated carbocycles. The van der Waals surface area contributed by atoms with E-state index in [1.54, 1.807) is 0 Å². The number of H-pyrrole nitrogens is 1. The highest BCUT2D eigenvalue weighted by atomic mass is 32.2. The smallest absolute Gasteiger partial charge is 0.199 e. The van der Waals surface area contributed by atoms with E-state index in [4.69, 9.17) is 12.2 Å². The van der Waals surface area contributed by atoms with E-state index >= 15 is 0 Å². The molecule has 23 heavy (non-hydrogen) atoms. The van der Waals surface area contributed by atoms with Crippen LogP contribution in [0.5, 0.6) is 0 Å². The second kappa shape index (κ2) is 7.62. The van der Waals surface area contributed by atoms with E-state index in [0.717, 1.165) is 29.4 Å². The van der Waals surface area contributed by atoms with Crippen molar-refractivity contribution < 1.29 is 0 Å². The van der Waals surface area contributed by atoms with Crippen LogP contribution in [0, 0.1) is 4.77 Å². The Bertz CT molecular complexity index is 822. The largest absolute Gasteiger partial charge is 0.271 e. The van der Waals surface area contributed by atoms with Gasteiger partial charge in [0.15, 0.2) is 4.77 Å². The van der Waals surface area contributed by atoms with E-state index in [1.165, 1.54) is 11.1 Å². The van der Waals surface area contributed by atoms with Gasteiger partial charge in [0, 0.05) is 5.75 Å². The van der Waals surface area contributed by atoms with Crippen molar-refractivity contribution in [1.82, 2.24) is 14.8 Å². The Morgan fingerprint density at radius 1 is 1.04 bits per heavy atom. The van der Waals surface area contributed by atoms with Gasteiger partial charge in [0.25, 0.3) is 0 Å². The minimum absolute atomic E-state index is 0.654. The summed E-state index contributed by atoms with van der Waals surface area (Å²) in [6.45, 7) is 2.16. The molecule has 0 radical (unpaired) electrons. The maximum Gasteiger partial charge on any atom is 0.199 e. The summed E-state index contributed by atoms with van der Waals surface area (Å²) in [5.74, 6) is 2.76. The molecule has 0 atom stereocenters. The lowest BCUT2D eigenvalue weighted by Gasteiger charge is -2.11. The van der Waals surface area contributed by atoms with Gasteiger partial charge in [0.1, 0.15) is 5.82 Å². The van der Waals surface area contributed by atoms with Gasteiger partial charge in [-0.3, -0.25) is 9.67 Å². The fourth-order valence-electron chi connectivity index (χ4n) is 2.54. The molecule has 1 heterocycles. The highest BCUT2D eigenvalue weighted by Gasteiger charge is 2.11. The van der Waals surface area contributed by atoms with E-state index in [-0.39, 0.29) is 0 Å². The molecule has 0 amide bonds. The van der Waals surface area contributed by atoms with Gasteiger partial charge in [-0.05, 0) is 35.8 Å². The van der Waals surface area contributed by atoms with Crippen LogP contribution in [-0.4, -0.2) is 14.8 Å². The van der Waals surface area contributed by atoms with Crippen molar-refractivity contribution in [3.63, 3.8) is 0 Å². The summed E-state index contributed by atoms with van der Waals surface area (Å²) >= 11 is 7.29. The number of nitrogens with zero attached hydrogens (tertiary/aromatic N) is 2. The minimum atomic E-state index is 0.654. The number of hydrogen-bond acceptors (Lipinski definition) is 3. The zero-order valence-corrected chi connectivity index (χ0v) is 14.7. The predicted octanol–water partition coefficient (Wildman–Crippen LogP) is 4.93. The lowest BCUT2D eigenvalue weighted by atomic mass is 10.1. The molecule has 0 saturated heterocycles. The van der Waals surface area contributed by atoms with Gasteiger partial charge < -0.3 is 0 Å². The van der Waals surface area contributed by atoms with E-state index in [9.17, 15) is 0 Å². The number of aryl methyl sites for hydroxylation is 1. The van der Waals surface area contributed by atoms with Crippen molar-refractivity contribution >= 4 is 24.0 Å². The molecule has 2 aromatic carbocycles. The molecule has 1 N–H and O–H groups in total. The number of para-hydroxylation sites is 1. The number of aromatic nitrogens is 3. The first kappa shape index (κ1) is 16.0. The third-order valence-electron chi connectivity index (χ3n) is 3.70. The second-order valence-corrected chi connectivity index (χ2v) is 6.61. The summed E-state index contributed by atoms with van der Waals surface area (Å²) < 4.78 is 2.72. The van der Waals surface area contributed by atoms with Crippen molar-refractivity contribution in [1.29, 1.82) is 0 Å². The molecule has 1 aromatic heterocycles. The number of nitrogens with one attached hydrogen (secondary N) is 1. The van der Waals surface area contributed by atoms with Crippen LogP contribution < -0.4 is 0 Å². The van der Waals surface area contributed by atoms with Crippen LogP contribution in [-0.2, 0) is 17.9 Å². The van der Waals surface area contributed by atoms with Gasteiger partial charge >= 0.3 is 0 Å². The molecule has 118 valence electrons. The SMILES string of the molecule is CCc1ccccc1-n1c(CSCc2ccccc2)n[nH]c1=S. The maximum absolute atomic E-state index is 5.44. The highest BCUT2D eigenvalue weighted by molar-refractivity contribution is 7.97. The number of thioether (sulfide) groups is 1. The Labute approximate surface area is 145 Å². The van der Waals surface area contributed by atoms with Crippen molar-refractivity contribution in [2.24, 2.45) is 0 Å². The standard InChI is InChI=1S/C18H19N3S2/c1-2-15-10-6-7-11-16(15)21-17(19-20-18(21)22)13-23-12-14-8-4-3-5-9-14/h3-11H,2,12-13H2,1H3,(H,20,22). The van der Waals surface area contributed by atoms with Crippen LogP contribution in [0.4, 0.5) is 0 Å². The highest BCUT2D eigenvalue weighted by Crippen LogP contribution is 2.21. The van der Waals surface area contributed by atoms with E-state index in [0.29, 0.717) is 4.77 Å². The van der Waals surface area contributed by atoms with Crippen LogP contribution in [0.25, 0.3) is 5.69 Å². The maximum atomic E-state index is 5.44. The van der Waals surface area contributed by atoms with E-state index < -0.39 is 0 Å². The summed E-state index contributed by atoms with van der Waals surface area (Å²) in [5.41, 5.74) is 3.73. The fraction of sp³-hybridized carbons (Fsp3) is 0.222. The molecule has 5 heteroatoms. The summed E-state index contributed by atoms with van der Waals surface area (Å²) in [6.07, 6.45) is 0.972. The normalized spacial score (nSPS) is 10.8. The molecule has 3 rings (SSSR count). The molecule has 0 unspecified atom stereocenters. The number of hydrogen-bond donors (Lipinski definition) is 1. The molecule has 0 bridgehead atoms. The average molecular weight is 342 g/mol. The molecular weight excluding hydrogens is 322 g/mol. The van der Waals surface area contributed by atoms with Gasteiger partial charge in [-0.2, -0.15) is 5.10 Å². The third-order valence-corrected chi connectivity index (χ3v) is 4.97. The fourth-order valence-corrected chi connectivity index (χ4v) is 3.69. The summed E-state index contributed by atoms with van der Waals surface area (Å²) in [5, 5.41) is 7.36. The van der Waals surface area contributed by atoms with Gasteiger partial charge in [-0.25, -0.2) is 0 Å². The van der Waals surface area contributed by atoms with Crippen molar-refractivity contribution in [2.75, 3.05) is 0 Å². The van der Waals surface area contributed by atoms with Crippen LogP contribution in [0.3, 0.4) is 0 Å². The third kappa shape index (κ3) is 3.74. The summed E-state index contributed by atoms with van der Waals surface area (Å²) in [6, 6.07) is 18.8. The van der Waals surface area contributed by atoms with E-state index in [1.807, 2.05) is 23.9 Å². The van der Waals surface area contributed by atoms with Crippen molar-refractivity contribution in [3.8, 4) is 5.69 Å². The first-order valence-corrected chi connectivity index (χ1v) is 9.22. The Balaban J connectivity index is 1.80. The molecule has 3 aromatic rings. The van der Waals surface area contributed by atoms with Gasteiger partial charge in [-0.15, -0.1) is 11.8 Å². The van der Waals surface area contributed by atoms with Gasteiger partial charge in [0.2, 0.25) is 0 Å².